The molecule has 0 atom stereocenters. The van der Waals surface area contributed by atoms with E-state index in [0.717, 1.165) is 22.6 Å². The molecule has 148 valence electrons. The normalized spacial score (nSPS) is 10.6. The Hall–Kier alpha value is -1.89. The highest BCUT2D eigenvalue weighted by Crippen LogP contribution is 2.23. The number of rotatable bonds is 6. The number of nitrogens with one attached hydrogen (secondary N) is 1. The first-order valence-electron chi connectivity index (χ1n) is 8.53. The lowest BCUT2D eigenvalue weighted by atomic mass is 10.1. The number of amides is 2. The minimum absolute atomic E-state index is 0.0853. The van der Waals surface area contributed by atoms with E-state index in [-0.39, 0.29) is 5.91 Å². The predicted molar refractivity (Wildman–Crippen MR) is 106 cm³/mol. The maximum Gasteiger partial charge on any atom is 0.405 e. The summed E-state index contributed by atoms with van der Waals surface area (Å²) in [5.41, 5.74) is 5.33. The van der Waals surface area contributed by atoms with Crippen LogP contribution in [0.5, 0.6) is 5.75 Å². The minimum Gasteiger partial charge on any atom is -0.496 e. The number of benzene rings is 1. The number of aryl methyl sites for hydroxylation is 1. The van der Waals surface area contributed by atoms with Crippen LogP contribution >= 0.6 is 11.9 Å². The molecule has 1 aromatic rings. The number of ether oxygens (including phenoxy) is 2. The van der Waals surface area contributed by atoms with Gasteiger partial charge < -0.3 is 15.2 Å². The van der Waals surface area contributed by atoms with Crippen LogP contribution in [0, 0.1) is 12.8 Å². The summed E-state index contributed by atoms with van der Waals surface area (Å²) >= 11 is 1.36. The minimum atomic E-state index is -0.725. The van der Waals surface area contributed by atoms with Crippen molar-refractivity contribution in [3.63, 3.8) is 0 Å². The van der Waals surface area contributed by atoms with Gasteiger partial charge in [-0.15, -0.1) is 0 Å². The molecule has 0 aliphatic rings. The lowest BCUT2D eigenvalue weighted by Crippen LogP contribution is -2.27. The fourth-order valence-corrected chi connectivity index (χ4v) is 2.51. The van der Waals surface area contributed by atoms with Gasteiger partial charge in [-0.25, -0.2) is 4.79 Å². The van der Waals surface area contributed by atoms with Gasteiger partial charge in [0.1, 0.15) is 11.4 Å². The summed E-state index contributed by atoms with van der Waals surface area (Å²) in [7, 11) is 1.66. The Morgan fingerprint density at radius 2 is 1.88 bits per heavy atom. The van der Waals surface area contributed by atoms with Crippen LogP contribution in [-0.4, -0.2) is 24.7 Å². The third-order valence-electron chi connectivity index (χ3n) is 3.00. The molecule has 0 radical (unpaired) electrons. The summed E-state index contributed by atoms with van der Waals surface area (Å²) in [4.78, 5) is 22.6. The van der Waals surface area contributed by atoms with Crippen molar-refractivity contribution in [1.82, 2.24) is 4.72 Å². The fraction of sp³-hybridized carbons (Fsp3) is 0.579. The Kier molecular flexibility index (Phi) is 10.8. The number of nitrogens with two attached hydrogens (primary N) is 1. The van der Waals surface area contributed by atoms with E-state index in [1.54, 1.807) is 27.9 Å². The van der Waals surface area contributed by atoms with E-state index in [1.165, 1.54) is 11.9 Å². The summed E-state index contributed by atoms with van der Waals surface area (Å²) in [6.07, 6.45) is 0.783. The molecular weight excluding hydrogens is 352 g/mol. The van der Waals surface area contributed by atoms with E-state index in [2.05, 4.69) is 23.3 Å². The highest BCUT2D eigenvalue weighted by Gasteiger charge is 2.12. The molecule has 26 heavy (non-hydrogen) atoms. The number of carbonyl (C=O) groups excluding carboxylic acids is 2. The lowest BCUT2D eigenvalue weighted by molar-refractivity contribution is -0.119. The predicted octanol–water partition coefficient (Wildman–Crippen LogP) is 4.44. The third kappa shape index (κ3) is 12.5. The zero-order valence-electron chi connectivity index (χ0n) is 16.8. The highest BCUT2D eigenvalue weighted by molar-refractivity contribution is 7.98. The Labute approximate surface area is 161 Å². The van der Waals surface area contributed by atoms with E-state index in [1.807, 2.05) is 25.1 Å². The quantitative estimate of drug-likeness (QED) is 0.707. The maximum atomic E-state index is 11.6. The maximum absolute atomic E-state index is 11.6. The van der Waals surface area contributed by atoms with Crippen molar-refractivity contribution in [2.45, 2.75) is 64.9 Å². The summed E-state index contributed by atoms with van der Waals surface area (Å²) in [6.45, 7) is 11.5. The summed E-state index contributed by atoms with van der Waals surface area (Å²) in [5, 5.41) is 0. The van der Waals surface area contributed by atoms with Crippen LogP contribution in [-0.2, 0) is 9.53 Å². The molecule has 0 bridgehead atoms. The first-order valence-corrected chi connectivity index (χ1v) is 9.35. The smallest absolute Gasteiger partial charge is 0.405 e. The van der Waals surface area contributed by atoms with Crippen LogP contribution in [0.1, 0.15) is 53.0 Å². The van der Waals surface area contributed by atoms with Gasteiger partial charge in [-0.05, 0) is 75.7 Å². The molecule has 3 N–H and O–H groups in total. The van der Waals surface area contributed by atoms with E-state index in [0.29, 0.717) is 12.3 Å². The van der Waals surface area contributed by atoms with Gasteiger partial charge in [0, 0.05) is 11.3 Å². The van der Waals surface area contributed by atoms with Gasteiger partial charge in [-0.2, -0.15) is 0 Å². The number of primary amides is 1. The molecule has 7 heteroatoms. The van der Waals surface area contributed by atoms with Crippen molar-refractivity contribution in [2.75, 3.05) is 7.11 Å². The second kappa shape index (κ2) is 11.7. The molecular formula is C19H32N2O4S. The Balaban J connectivity index is 0.000000660. The first-order chi connectivity index (χ1) is 11.9. The number of hydrogen-bond acceptors (Lipinski definition) is 5. The molecule has 2 amide bonds. The molecule has 0 aliphatic heterocycles. The molecule has 1 rings (SSSR count). The fourth-order valence-electron chi connectivity index (χ4n) is 1.80. The Morgan fingerprint density at radius 3 is 2.27 bits per heavy atom. The third-order valence-corrected chi connectivity index (χ3v) is 3.82. The van der Waals surface area contributed by atoms with Gasteiger partial charge in [0.15, 0.2) is 0 Å². The largest absolute Gasteiger partial charge is 0.496 e. The van der Waals surface area contributed by atoms with Crippen molar-refractivity contribution in [3.05, 3.63) is 23.8 Å². The number of hydrogen-bond donors (Lipinski definition) is 2. The average molecular weight is 385 g/mol. The number of methoxy groups -OCH3 is 1. The van der Waals surface area contributed by atoms with E-state index in [9.17, 15) is 9.59 Å². The van der Waals surface area contributed by atoms with Gasteiger partial charge in [-0.1, -0.05) is 13.8 Å². The SMILES string of the molecule is CC(C)(C)OC(N)=O.COc1ccc(SNC(=O)CCC(C)C)cc1C. The molecule has 0 spiro atoms. The highest BCUT2D eigenvalue weighted by atomic mass is 32.2. The van der Waals surface area contributed by atoms with Gasteiger partial charge in [0.05, 0.1) is 7.11 Å². The van der Waals surface area contributed by atoms with Gasteiger partial charge in [0.2, 0.25) is 5.91 Å². The first kappa shape index (κ1) is 24.1. The van der Waals surface area contributed by atoms with Gasteiger partial charge in [0.25, 0.3) is 0 Å². The van der Waals surface area contributed by atoms with Crippen molar-refractivity contribution in [1.29, 1.82) is 0 Å². The van der Waals surface area contributed by atoms with E-state index < -0.39 is 11.7 Å². The topological polar surface area (TPSA) is 90.7 Å². The molecule has 0 saturated carbocycles. The average Bonchev–Trinajstić information content (AvgIpc) is 2.49. The molecule has 0 aromatic heterocycles. The zero-order valence-corrected chi connectivity index (χ0v) is 17.7. The molecule has 1 aromatic carbocycles. The van der Waals surface area contributed by atoms with Crippen molar-refractivity contribution < 1.29 is 19.1 Å². The Morgan fingerprint density at radius 1 is 1.27 bits per heavy atom. The van der Waals surface area contributed by atoms with Crippen LogP contribution < -0.4 is 15.2 Å². The molecule has 0 fully saturated rings. The Bertz CT molecular complexity index is 583. The van der Waals surface area contributed by atoms with Gasteiger partial charge in [-0.3, -0.25) is 9.52 Å². The van der Waals surface area contributed by atoms with Crippen molar-refractivity contribution >= 4 is 23.9 Å². The van der Waals surface area contributed by atoms with Crippen LogP contribution in [0.2, 0.25) is 0 Å². The second-order valence-electron chi connectivity index (χ2n) is 7.22. The summed E-state index contributed by atoms with van der Waals surface area (Å²) < 4.78 is 12.6. The summed E-state index contributed by atoms with van der Waals surface area (Å²) in [5.74, 6) is 1.51. The van der Waals surface area contributed by atoms with Crippen molar-refractivity contribution in [3.8, 4) is 5.75 Å². The van der Waals surface area contributed by atoms with Gasteiger partial charge >= 0.3 is 6.09 Å². The van der Waals surface area contributed by atoms with Crippen LogP contribution in [0.15, 0.2) is 23.1 Å². The molecule has 0 aliphatic carbocycles. The zero-order chi connectivity index (χ0) is 20.3. The monoisotopic (exact) mass is 384 g/mol. The van der Waals surface area contributed by atoms with Crippen molar-refractivity contribution in [2.24, 2.45) is 11.7 Å². The van der Waals surface area contributed by atoms with Crippen LogP contribution in [0.4, 0.5) is 4.79 Å². The van der Waals surface area contributed by atoms with Crippen LogP contribution in [0.3, 0.4) is 0 Å². The summed E-state index contributed by atoms with van der Waals surface area (Å²) in [6, 6.07) is 5.86. The molecule has 0 heterocycles. The second-order valence-corrected chi connectivity index (χ2v) is 8.10. The van der Waals surface area contributed by atoms with E-state index >= 15 is 0 Å². The van der Waals surface area contributed by atoms with E-state index in [4.69, 9.17) is 10.5 Å². The standard InChI is InChI=1S/C14H21NO2S.C5H11NO2/c1-10(2)5-8-14(16)15-18-12-6-7-13(17-4)11(3)9-12;1-5(2,3)8-4(6)7/h6-7,9-10H,5,8H2,1-4H3,(H,15,16);1-3H3,(H2,6,7). The molecule has 0 unspecified atom stereocenters. The molecule has 0 saturated heterocycles. The lowest BCUT2D eigenvalue weighted by Gasteiger charge is -2.16. The number of carbonyl (C=O) groups is 2. The molecule has 6 nitrogen and oxygen atoms in total. The van der Waals surface area contributed by atoms with Crippen LogP contribution in [0.25, 0.3) is 0 Å².